The van der Waals surface area contributed by atoms with E-state index >= 15 is 0 Å². The first-order valence-corrected chi connectivity index (χ1v) is 23.2. The molecule has 0 spiro atoms. The second-order valence-electron chi connectivity index (χ2n) is 15.3. The van der Waals surface area contributed by atoms with Crippen LogP contribution in [0, 0.1) is 0 Å². The molecule has 0 amide bonds. The fourth-order valence-electron chi connectivity index (χ4n) is 6.40. The minimum atomic E-state index is -0.538. The van der Waals surface area contributed by atoms with E-state index in [4.69, 9.17) is 14.2 Å². The van der Waals surface area contributed by atoms with Crippen LogP contribution in [0.15, 0.2) is 48.6 Å². The SMILES string of the molecule is CC/C=C\C/C=C\C/C=C\CCCCCCCC(=O)OCC(COCCCCCCCCCC/C=C\CCCCCCCC)OC(=O)CCCCCCC. The van der Waals surface area contributed by atoms with E-state index in [-0.39, 0.29) is 25.2 Å². The van der Waals surface area contributed by atoms with Crippen molar-refractivity contribution in [3.8, 4) is 0 Å². The number of allylic oxidation sites excluding steroid dienone is 8. The summed E-state index contributed by atoms with van der Waals surface area (Å²) >= 11 is 0. The van der Waals surface area contributed by atoms with Gasteiger partial charge in [-0.25, -0.2) is 0 Å². The molecule has 1 atom stereocenters. The van der Waals surface area contributed by atoms with Crippen LogP contribution in [-0.2, 0) is 23.8 Å². The number of ether oxygens (including phenoxy) is 3. The third kappa shape index (κ3) is 42.6. The molecule has 0 aromatic carbocycles. The fourth-order valence-corrected chi connectivity index (χ4v) is 6.40. The van der Waals surface area contributed by atoms with Crippen molar-refractivity contribution in [2.45, 2.75) is 232 Å². The Bertz CT molecular complexity index is 904. The Morgan fingerprint density at radius 2 is 0.833 bits per heavy atom. The zero-order valence-corrected chi connectivity index (χ0v) is 36.0. The van der Waals surface area contributed by atoms with Gasteiger partial charge in [0, 0.05) is 19.4 Å². The van der Waals surface area contributed by atoms with Crippen LogP contribution in [0.25, 0.3) is 0 Å². The van der Waals surface area contributed by atoms with Crippen molar-refractivity contribution in [3.63, 3.8) is 0 Å². The Balaban J connectivity index is 4.06. The van der Waals surface area contributed by atoms with E-state index in [0.29, 0.717) is 19.4 Å². The highest BCUT2D eigenvalue weighted by Gasteiger charge is 2.17. The van der Waals surface area contributed by atoms with Gasteiger partial charge in [-0.15, -0.1) is 0 Å². The summed E-state index contributed by atoms with van der Waals surface area (Å²) in [6.45, 7) is 7.63. The Morgan fingerprint density at radius 3 is 1.35 bits per heavy atom. The lowest BCUT2D eigenvalue weighted by Gasteiger charge is -2.18. The topological polar surface area (TPSA) is 61.8 Å². The molecular formula is C49H88O5. The first-order valence-electron chi connectivity index (χ1n) is 23.2. The van der Waals surface area contributed by atoms with Crippen molar-refractivity contribution < 1.29 is 23.8 Å². The van der Waals surface area contributed by atoms with Gasteiger partial charge in [0.25, 0.3) is 0 Å². The van der Waals surface area contributed by atoms with Crippen molar-refractivity contribution in [2.24, 2.45) is 0 Å². The molecule has 1 unspecified atom stereocenters. The Hall–Kier alpha value is -2.14. The molecule has 5 nitrogen and oxygen atoms in total. The summed E-state index contributed by atoms with van der Waals surface area (Å²) in [5.41, 5.74) is 0. The van der Waals surface area contributed by atoms with Crippen molar-refractivity contribution in [1.82, 2.24) is 0 Å². The van der Waals surface area contributed by atoms with Crippen molar-refractivity contribution >= 4 is 11.9 Å². The molecule has 0 bridgehead atoms. The molecule has 0 aliphatic carbocycles. The number of unbranched alkanes of at least 4 members (excludes halogenated alkanes) is 23. The van der Waals surface area contributed by atoms with E-state index in [1.807, 2.05) is 0 Å². The molecule has 5 heteroatoms. The average molecular weight is 757 g/mol. The third-order valence-corrected chi connectivity index (χ3v) is 9.85. The van der Waals surface area contributed by atoms with Crippen LogP contribution in [0.3, 0.4) is 0 Å². The van der Waals surface area contributed by atoms with Crippen LogP contribution in [0.2, 0.25) is 0 Å². The zero-order valence-electron chi connectivity index (χ0n) is 36.0. The molecular weight excluding hydrogens is 669 g/mol. The van der Waals surface area contributed by atoms with E-state index in [9.17, 15) is 9.59 Å². The second kappa shape index (κ2) is 45.3. The molecule has 0 heterocycles. The van der Waals surface area contributed by atoms with E-state index in [1.54, 1.807) is 0 Å². The summed E-state index contributed by atoms with van der Waals surface area (Å²) in [6, 6.07) is 0. The molecule has 0 fully saturated rings. The van der Waals surface area contributed by atoms with Crippen molar-refractivity contribution in [3.05, 3.63) is 48.6 Å². The number of carbonyl (C=O) groups excluding carboxylic acids is 2. The first kappa shape index (κ1) is 51.9. The molecule has 54 heavy (non-hydrogen) atoms. The summed E-state index contributed by atoms with van der Waals surface area (Å²) in [4.78, 5) is 25.0. The lowest BCUT2D eigenvalue weighted by molar-refractivity contribution is -0.163. The summed E-state index contributed by atoms with van der Waals surface area (Å²) < 4.78 is 17.2. The van der Waals surface area contributed by atoms with E-state index < -0.39 is 6.10 Å². The third-order valence-electron chi connectivity index (χ3n) is 9.85. The number of rotatable bonds is 42. The van der Waals surface area contributed by atoms with Gasteiger partial charge in [0.2, 0.25) is 0 Å². The molecule has 0 rings (SSSR count). The summed E-state index contributed by atoms with van der Waals surface area (Å²) in [5, 5.41) is 0. The number of hydrogen-bond donors (Lipinski definition) is 0. The Morgan fingerprint density at radius 1 is 0.426 bits per heavy atom. The van der Waals surface area contributed by atoms with Gasteiger partial charge in [-0.2, -0.15) is 0 Å². The molecule has 0 aromatic rings. The van der Waals surface area contributed by atoms with Crippen LogP contribution in [0.5, 0.6) is 0 Å². The van der Waals surface area contributed by atoms with Gasteiger partial charge in [-0.3, -0.25) is 9.59 Å². The van der Waals surface area contributed by atoms with Crippen LogP contribution < -0.4 is 0 Å². The number of carbonyl (C=O) groups is 2. The maximum absolute atomic E-state index is 12.5. The molecule has 0 aromatic heterocycles. The predicted molar refractivity (Wildman–Crippen MR) is 233 cm³/mol. The van der Waals surface area contributed by atoms with Crippen LogP contribution in [0.4, 0.5) is 0 Å². The highest BCUT2D eigenvalue weighted by atomic mass is 16.6. The van der Waals surface area contributed by atoms with Gasteiger partial charge < -0.3 is 14.2 Å². The molecule has 0 aliphatic rings. The van der Waals surface area contributed by atoms with E-state index in [1.165, 1.54) is 116 Å². The normalized spacial score (nSPS) is 12.6. The summed E-state index contributed by atoms with van der Waals surface area (Å²) in [5.74, 6) is -0.428. The second-order valence-corrected chi connectivity index (χ2v) is 15.3. The highest BCUT2D eigenvalue weighted by Crippen LogP contribution is 2.13. The van der Waals surface area contributed by atoms with Crippen LogP contribution in [0.1, 0.15) is 226 Å². The molecule has 0 aliphatic heterocycles. The Labute approximate surface area is 335 Å². The predicted octanol–water partition coefficient (Wildman–Crippen LogP) is 15.2. The Kier molecular flexibility index (Phi) is 43.5. The van der Waals surface area contributed by atoms with Crippen LogP contribution in [-0.4, -0.2) is 37.9 Å². The minimum absolute atomic E-state index is 0.0757. The molecule has 0 saturated carbocycles. The number of esters is 2. The molecule has 0 saturated heterocycles. The minimum Gasteiger partial charge on any atom is -0.462 e. The molecule has 0 N–H and O–H groups in total. The summed E-state index contributed by atoms with van der Waals surface area (Å²) in [7, 11) is 0. The van der Waals surface area contributed by atoms with Gasteiger partial charge in [0.1, 0.15) is 6.61 Å². The van der Waals surface area contributed by atoms with E-state index in [2.05, 4.69) is 69.4 Å². The smallest absolute Gasteiger partial charge is 0.306 e. The lowest BCUT2D eigenvalue weighted by atomic mass is 10.1. The molecule has 0 radical (unpaired) electrons. The highest BCUT2D eigenvalue weighted by molar-refractivity contribution is 5.70. The van der Waals surface area contributed by atoms with Gasteiger partial charge in [0.15, 0.2) is 6.10 Å². The maximum atomic E-state index is 12.5. The quantitative estimate of drug-likeness (QED) is 0.0353. The fraction of sp³-hybridized carbons (Fsp3) is 0.796. The maximum Gasteiger partial charge on any atom is 0.306 e. The van der Waals surface area contributed by atoms with Crippen LogP contribution >= 0.6 is 0 Å². The largest absolute Gasteiger partial charge is 0.462 e. The average Bonchev–Trinajstić information content (AvgIpc) is 3.17. The van der Waals surface area contributed by atoms with Crippen molar-refractivity contribution in [2.75, 3.05) is 19.8 Å². The molecule has 314 valence electrons. The number of hydrogen-bond acceptors (Lipinski definition) is 5. The van der Waals surface area contributed by atoms with Gasteiger partial charge >= 0.3 is 11.9 Å². The zero-order chi connectivity index (χ0) is 39.3. The first-order chi connectivity index (χ1) is 26.6. The standard InChI is InChI=1S/C49H88O5/c1-4-7-10-13-15-17-19-21-23-24-25-27-29-31-33-35-38-41-44-52-45-47(54-49(51)43-40-36-12-9-6-3)46-53-48(50)42-39-37-34-32-30-28-26-22-20-18-16-14-11-8-5-2/h8,11,16,18,21-23,26,47H,4-7,9-10,12-15,17,19-20,24-25,27-46H2,1-3H3/b11-8-,18-16-,23-21-,26-22-. The van der Waals surface area contributed by atoms with Gasteiger partial charge in [0.05, 0.1) is 6.61 Å². The van der Waals surface area contributed by atoms with Crippen molar-refractivity contribution in [1.29, 1.82) is 0 Å². The van der Waals surface area contributed by atoms with Gasteiger partial charge in [-0.1, -0.05) is 185 Å². The summed E-state index contributed by atoms with van der Waals surface area (Å²) in [6.07, 6.45) is 54.3. The monoisotopic (exact) mass is 757 g/mol. The van der Waals surface area contributed by atoms with E-state index in [0.717, 1.165) is 77.0 Å². The van der Waals surface area contributed by atoms with Gasteiger partial charge in [-0.05, 0) is 77.0 Å². The lowest BCUT2D eigenvalue weighted by Crippen LogP contribution is -2.30.